The molecule has 0 fully saturated rings. The smallest absolute Gasteiger partial charge is 0.165 e. The van der Waals surface area contributed by atoms with Crippen molar-refractivity contribution in [3.05, 3.63) is 121 Å². The second-order valence-electron chi connectivity index (χ2n) is 15.4. The second-order valence-corrected chi connectivity index (χ2v) is 25.5. The lowest BCUT2D eigenvalue weighted by atomic mass is 9.82. The van der Waals surface area contributed by atoms with Crippen LogP contribution in [0.5, 0.6) is 0 Å². The highest BCUT2D eigenvalue weighted by atomic mass is 28.3. The zero-order valence-corrected chi connectivity index (χ0v) is 30.7. The van der Waals surface area contributed by atoms with Crippen molar-refractivity contribution in [3.8, 4) is 56.4 Å². The molecule has 234 valence electrons. The lowest BCUT2D eigenvalue weighted by Gasteiger charge is -2.21. The van der Waals surface area contributed by atoms with Gasteiger partial charge in [0.05, 0.1) is 16.1 Å². The molecule has 0 bridgehead atoms. The molecule has 7 rings (SSSR count). The summed E-state index contributed by atoms with van der Waals surface area (Å²) in [6.07, 6.45) is 3.80. The number of fused-ring (bicyclic) bond motifs is 3. The third kappa shape index (κ3) is 5.81. The van der Waals surface area contributed by atoms with E-state index in [0.717, 1.165) is 27.8 Å². The van der Waals surface area contributed by atoms with Crippen LogP contribution in [-0.4, -0.2) is 36.1 Å². The monoisotopic (exact) mass is 646 g/mol. The van der Waals surface area contributed by atoms with E-state index in [9.17, 15) is 0 Å². The van der Waals surface area contributed by atoms with Crippen molar-refractivity contribution < 1.29 is 0 Å². The molecule has 4 nitrogen and oxygen atoms in total. The number of benzene rings is 4. The maximum Gasteiger partial charge on any atom is 0.165 e. The zero-order valence-electron chi connectivity index (χ0n) is 28.7. The van der Waals surface area contributed by atoms with Gasteiger partial charge in [0, 0.05) is 40.1 Å². The van der Waals surface area contributed by atoms with Gasteiger partial charge < -0.3 is 0 Å². The van der Waals surface area contributed by atoms with Crippen molar-refractivity contribution in [1.29, 1.82) is 0 Å². The Hall–Kier alpha value is -4.53. The van der Waals surface area contributed by atoms with E-state index in [1.54, 1.807) is 0 Å². The molecule has 0 atom stereocenters. The molecule has 0 amide bonds. The van der Waals surface area contributed by atoms with Crippen molar-refractivity contribution in [3.63, 3.8) is 0 Å². The Bertz CT molecular complexity index is 2040. The molecular formula is C41H42N4Si2. The SMILES string of the molecule is CC1(C)c2ccccc2-c2cc(-c3cncc(-c4nc(-c5ccc([Si](C)(C)C)cc5)nc(-c5ccc([Si](C)(C)C)cc5)n4)c3)ccc21. The fraction of sp³-hybridized carbons (Fsp3) is 0.220. The average molecular weight is 647 g/mol. The largest absolute Gasteiger partial charge is 0.263 e. The van der Waals surface area contributed by atoms with Gasteiger partial charge in [0.25, 0.3) is 0 Å². The molecular weight excluding hydrogens is 605 g/mol. The van der Waals surface area contributed by atoms with E-state index in [1.165, 1.54) is 32.6 Å². The molecule has 0 spiro atoms. The molecule has 4 aromatic carbocycles. The Balaban J connectivity index is 1.33. The van der Waals surface area contributed by atoms with Gasteiger partial charge in [-0.3, -0.25) is 4.98 Å². The van der Waals surface area contributed by atoms with Crippen LogP contribution >= 0.6 is 0 Å². The third-order valence-electron chi connectivity index (χ3n) is 9.57. The van der Waals surface area contributed by atoms with Crippen LogP contribution in [0.4, 0.5) is 0 Å². The van der Waals surface area contributed by atoms with Crippen LogP contribution < -0.4 is 10.4 Å². The van der Waals surface area contributed by atoms with Crippen LogP contribution in [0, 0.1) is 0 Å². The van der Waals surface area contributed by atoms with E-state index in [4.69, 9.17) is 19.9 Å². The van der Waals surface area contributed by atoms with E-state index in [0.29, 0.717) is 17.5 Å². The van der Waals surface area contributed by atoms with Crippen LogP contribution in [0.15, 0.2) is 109 Å². The number of rotatable bonds is 6. The minimum absolute atomic E-state index is 0.0250. The van der Waals surface area contributed by atoms with Crippen LogP contribution in [0.1, 0.15) is 25.0 Å². The number of hydrogen-bond acceptors (Lipinski definition) is 4. The molecule has 0 unspecified atom stereocenters. The Morgan fingerprint density at radius 3 is 1.47 bits per heavy atom. The molecule has 0 saturated carbocycles. The predicted octanol–water partition coefficient (Wildman–Crippen LogP) is 9.33. The fourth-order valence-corrected chi connectivity index (χ4v) is 8.95. The van der Waals surface area contributed by atoms with Gasteiger partial charge in [-0.2, -0.15) is 0 Å². The van der Waals surface area contributed by atoms with Gasteiger partial charge in [-0.25, -0.2) is 15.0 Å². The van der Waals surface area contributed by atoms with Crippen LogP contribution in [-0.2, 0) is 5.41 Å². The van der Waals surface area contributed by atoms with E-state index in [2.05, 4.69) is 150 Å². The van der Waals surface area contributed by atoms with Crippen molar-refractivity contribution in [2.24, 2.45) is 0 Å². The lowest BCUT2D eigenvalue weighted by Crippen LogP contribution is -2.37. The lowest BCUT2D eigenvalue weighted by molar-refractivity contribution is 0.660. The maximum absolute atomic E-state index is 5.05. The summed E-state index contributed by atoms with van der Waals surface area (Å²) in [7, 11) is -2.87. The first-order chi connectivity index (χ1) is 22.3. The standard InChI is InChI=1S/C41H42N4Si2/c1-41(2)36-12-10-9-11-34(36)35-24-29(17-22-37(35)41)30-23-31(26-42-25-30)40-44-38(27-13-18-32(19-14-27)46(3,4)5)43-39(45-40)28-15-20-33(21-16-28)47(6,7)8/h9-26H,1-8H3. The van der Waals surface area contributed by atoms with E-state index >= 15 is 0 Å². The number of pyridine rings is 1. The van der Waals surface area contributed by atoms with Crippen LogP contribution in [0.3, 0.4) is 0 Å². The van der Waals surface area contributed by atoms with Crippen molar-refractivity contribution >= 4 is 26.5 Å². The Kier molecular flexibility index (Phi) is 7.49. The zero-order chi connectivity index (χ0) is 33.1. The molecule has 47 heavy (non-hydrogen) atoms. The summed E-state index contributed by atoms with van der Waals surface area (Å²) >= 11 is 0. The topological polar surface area (TPSA) is 51.6 Å². The van der Waals surface area contributed by atoms with Crippen LogP contribution in [0.2, 0.25) is 39.3 Å². The highest BCUT2D eigenvalue weighted by Gasteiger charge is 2.35. The van der Waals surface area contributed by atoms with E-state index in [-0.39, 0.29) is 5.41 Å². The predicted molar refractivity (Wildman–Crippen MR) is 203 cm³/mol. The summed E-state index contributed by atoms with van der Waals surface area (Å²) in [5, 5.41) is 2.82. The Morgan fingerprint density at radius 1 is 0.447 bits per heavy atom. The second kappa shape index (κ2) is 11.3. The molecule has 0 aliphatic heterocycles. The summed E-state index contributed by atoms with van der Waals surface area (Å²) in [6, 6.07) is 35.3. The van der Waals surface area contributed by atoms with Gasteiger partial charge in [-0.05, 0) is 39.9 Å². The first kappa shape index (κ1) is 31.1. The van der Waals surface area contributed by atoms with Gasteiger partial charge in [0.1, 0.15) is 0 Å². The van der Waals surface area contributed by atoms with E-state index in [1.807, 2.05) is 12.4 Å². The summed E-state index contributed by atoms with van der Waals surface area (Å²) in [5.41, 5.74) is 10.3. The molecule has 1 aliphatic carbocycles. The van der Waals surface area contributed by atoms with Crippen molar-refractivity contribution in [1.82, 2.24) is 19.9 Å². The molecule has 2 heterocycles. The van der Waals surface area contributed by atoms with Crippen molar-refractivity contribution in [2.75, 3.05) is 0 Å². The van der Waals surface area contributed by atoms with Gasteiger partial charge in [-0.15, -0.1) is 0 Å². The normalized spacial score (nSPS) is 13.7. The summed E-state index contributed by atoms with van der Waals surface area (Å²) in [6.45, 7) is 18.8. The Labute approximate surface area is 281 Å². The number of hydrogen-bond donors (Lipinski definition) is 0. The van der Waals surface area contributed by atoms with Gasteiger partial charge >= 0.3 is 0 Å². The minimum Gasteiger partial charge on any atom is -0.263 e. The molecule has 1 aliphatic rings. The third-order valence-corrected chi connectivity index (χ3v) is 13.7. The maximum atomic E-state index is 5.05. The van der Waals surface area contributed by atoms with Gasteiger partial charge in [0.15, 0.2) is 17.5 Å². The molecule has 6 aromatic rings. The molecule has 2 aromatic heterocycles. The van der Waals surface area contributed by atoms with Crippen molar-refractivity contribution in [2.45, 2.75) is 58.5 Å². The highest BCUT2D eigenvalue weighted by Crippen LogP contribution is 2.49. The molecule has 0 radical (unpaired) electrons. The molecule has 0 N–H and O–H groups in total. The van der Waals surface area contributed by atoms with Crippen LogP contribution in [0.25, 0.3) is 56.4 Å². The number of aromatic nitrogens is 4. The first-order valence-corrected chi connectivity index (χ1v) is 23.5. The van der Waals surface area contributed by atoms with Gasteiger partial charge in [-0.1, -0.05) is 148 Å². The summed E-state index contributed by atoms with van der Waals surface area (Å²) < 4.78 is 0. The molecule has 0 saturated heterocycles. The summed E-state index contributed by atoms with van der Waals surface area (Å²) in [4.78, 5) is 19.8. The summed E-state index contributed by atoms with van der Waals surface area (Å²) in [5.74, 6) is 1.96. The minimum atomic E-state index is -1.44. The fourth-order valence-electron chi connectivity index (χ4n) is 6.62. The Morgan fingerprint density at radius 2 is 0.915 bits per heavy atom. The first-order valence-electron chi connectivity index (χ1n) is 16.5. The molecule has 6 heteroatoms. The van der Waals surface area contributed by atoms with E-state index < -0.39 is 16.1 Å². The van der Waals surface area contributed by atoms with Gasteiger partial charge in [0.2, 0.25) is 0 Å². The average Bonchev–Trinajstić information content (AvgIpc) is 3.30. The quantitative estimate of drug-likeness (QED) is 0.169. The highest BCUT2D eigenvalue weighted by molar-refractivity contribution is 6.89. The number of nitrogens with zero attached hydrogens (tertiary/aromatic N) is 4.